The summed E-state index contributed by atoms with van der Waals surface area (Å²) in [6, 6.07) is 13.7. The summed E-state index contributed by atoms with van der Waals surface area (Å²) in [6.07, 6.45) is 12.2. The summed E-state index contributed by atoms with van der Waals surface area (Å²) in [5.74, 6) is -1.08. The molecule has 34 heavy (non-hydrogen) atoms. The highest BCUT2D eigenvalue weighted by Gasteiger charge is 2.15. The van der Waals surface area contributed by atoms with Crippen molar-refractivity contribution in [3.63, 3.8) is 0 Å². The third-order valence-electron chi connectivity index (χ3n) is 5.21. The highest BCUT2D eigenvalue weighted by atomic mass is 16.5. The van der Waals surface area contributed by atoms with Gasteiger partial charge in [-0.05, 0) is 48.4 Å². The van der Waals surface area contributed by atoms with Gasteiger partial charge in [0.05, 0.1) is 23.1 Å². The van der Waals surface area contributed by atoms with Gasteiger partial charge in [0.1, 0.15) is 0 Å². The molecule has 0 spiro atoms. The molecule has 0 radical (unpaired) electrons. The number of benzene rings is 2. The summed E-state index contributed by atoms with van der Waals surface area (Å²) in [5.41, 5.74) is 4.35. The van der Waals surface area contributed by atoms with Crippen LogP contribution in [0.1, 0.15) is 22.8 Å². The maximum absolute atomic E-state index is 12.0. The van der Waals surface area contributed by atoms with Crippen molar-refractivity contribution >= 4 is 29.5 Å². The highest BCUT2D eigenvalue weighted by molar-refractivity contribution is 6.16. The summed E-state index contributed by atoms with van der Waals surface area (Å²) in [7, 11) is 3.47. The lowest BCUT2D eigenvalue weighted by atomic mass is 9.99. The minimum Gasteiger partial charge on any atom is -0.478 e. The van der Waals surface area contributed by atoms with Crippen LogP contribution in [0.25, 0.3) is 0 Å². The summed E-state index contributed by atoms with van der Waals surface area (Å²) in [5, 5.41) is 18.3. The molecule has 0 aliphatic heterocycles. The lowest BCUT2D eigenvalue weighted by Gasteiger charge is -2.18. The molecule has 1 aliphatic rings. The predicted octanol–water partition coefficient (Wildman–Crippen LogP) is 4.81. The number of rotatable bonds is 9. The molecular formula is C27H27N3O4. The Morgan fingerprint density at radius 2 is 1.97 bits per heavy atom. The fourth-order valence-electron chi connectivity index (χ4n) is 3.46. The van der Waals surface area contributed by atoms with Gasteiger partial charge in [0.15, 0.2) is 0 Å². The van der Waals surface area contributed by atoms with Crippen molar-refractivity contribution in [3.8, 4) is 0 Å². The number of amides is 1. The monoisotopic (exact) mass is 457 g/mol. The van der Waals surface area contributed by atoms with Crippen LogP contribution in [0.15, 0.2) is 101 Å². The van der Waals surface area contributed by atoms with Gasteiger partial charge in [-0.25, -0.2) is 9.80 Å². The molecule has 2 N–H and O–H groups in total. The number of carbonyl (C=O) groups excluding carboxylic acids is 1. The minimum atomic E-state index is -1.08. The Balaban J connectivity index is 2.12. The Labute approximate surface area is 199 Å². The van der Waals surface area contributed by atoms with E-state index in [4.69, 9.17) is 4.74 Å². The van der Waals surface area contributed by atoms with Crippen LogP contribution in [-0.4, -0.2) is 43.5 Å². The average Bonchev–Trinajstić information content (AvgIpc) is 3.09. The van der Waals surface area contributed by atoms with Gasteiger partial charge >= 0.3 is 5.97 Å². The number of allylic oxidation sites excluding steroid dienone is 6. The SMILES string of the molecule is CNc1ccccc1C(=N/N(C=O)c1cccc(C(=O)O)c1)/C(C)=C/C1=CC=CC(OC)C=C1. The quantitative estimate of drug-likeness (QED) is 0.320. The number of carboxylic acid groups (broad SMARTS) is 1. The fourth-order valence-corrected chi connectivity index (χ4v) is 3.46. The van der Waals surface area contributed by atoms with Crippen molar-refractivity contribution in [1.82, 2.24) is 0 Å². The molecule has 2 aromatic rings. The molecule has 1 aliphatic carbocycles. The van der Waals surface area contributed by atoms with Crippen LogP contribution in [0.4, 0.5) is 11.4 Å². The molecule has 1 unspecified atom stereocenters. The maximum Gasteiger partial charge on any atom is 0.335 e. The standard InChI is InChI=1S/C27H27N3O4/c1-19(16-20-8-6-11-23(34-3)15-14-20)26(24-12-4-5-13-25(24)28-2)29-30(18-31)22-10-7-9-21(17-22)27(32)33/h4-18,23,28H,1-3H3,(H,32,33)/b19-16+,29-26+. The van der Waals surface area contributed by atoms with Gasteiger partial charge in [0, 0.05) is 25.4 Å². The largest absolute Gasteiger partial charge is 0.478 e. The molecule has 2 aromatic carbocycles. The number of hydrogen-bond acceptors (Lipinski definition) is 5. The van der Waals surface area contributed by atoms with Gasteiger partial charge in [-0.1, -0.05) is 54.6 Å². The van der Waals surface area contributed by atoms with Crippen molar-refractivity contribution in [2.75, 3.05) is 24.5 Å². The molecule has 0 fully saturated rings. The number of hydrogen-bond donors (Lipinski definition) is 2. The molecular weight excluding hydrogens is 430 g/mol. The Bertz CT molecular complexity index is 1210. The van der Waals surface area contributed by atoms with Crippen LogP contribution in [0, 0.1) is 0 Å². The second kappa shape index (κ2) is 11.6. The van der Waals surface area contributed by atoms with Crippen molar-refractivity contribution in [1.29, 1.82) is 0 Å². The zero-order chi connectivity index (χ0) is 24.5. The molecule has 174 valence electrons. The second-order valence-electron chi connectivity index (χ2n) is 7.49. The maximum atomic E-state index is 12.0. The van der Waals surface area contributed by atoms with Gasteiger partial charge in [0.25, 0.3) is 0 Å². The number of methoxy groups -OCH3 is 1. The van der Waals surface area contributed by atoms with Gasteiger partial charge in [-0.3, -0.25) is 4.79 Å². The van der Waals surface area contributed by atoms with E-state index in [1.165, 1.54) is 12.1 Å². The van der Waals surface area contributed by atoms with Crippen LogP contribution in [0.5, 0.6) is 0 Å². The van der Waals surface area contributed by atoms with Crippen LogP contribution in [0.3, 0.4) is 0 Å². The summed E-state index contributed by atoms with van der Waals surface area (Å²) >= 11 is 0. The third-order valence-corrected chi connectivity index (χ3v) is 5.21. The van der Waals surface area contributed by atoms with Crippen LogP contribution in [-0.2, 0) is 9.53 Å². The number of hydrazone groups is 1. The first-order valence-electron chi connectivity index (χ1n) is 10.7. The van der Waals surface area contributed by atoms with Gasteiger partial charge in [-0.2, -0.15) is 5.10 Å². The predicted molar refractivity (Wildman–Crippen MR) is 135 cm³/mol. The molecule has 0 bridgehead atoms. The lowest BCUT2D eigenvalue weighted by molar-refractivity contribution is -0.107. The molecule has 1 amide bonds. The van der Waals surface area contributed by atoms with Crippen molar-refractivity contribution in [3.05, 3.63) is 107 Å². The van der Waals surface area contributed by atoms with Gasteiger partial charge in [0.2, 0.25) is 6.41 Å². The van der Waals surface area contributed by atoms with E-state index in [9.17, 15) is 14.7 Å². The Morgan fingerprint density at radius 3 is 2.68 bits per heavy atom. The average molecular weight is 458 g/mol. The number of nitrogens with zero attached hydrogens (tertiary/aromatic N) is 2. The van der Waals surface area contributed by atoms with E-state index in [1.54, 1.807) is 19.2 Å². The van der Waals surface area contributed by atoms with Gasteiger partial charge < -0.3 is 15.2 Å². The number of nitrogens with one attached hydrogen (secondary N) is 1. The summed E-state index contributed by atoms with van der Waals surface area (Å²) in [6.45, 7) is 1.92. The highest BCUT2D eigenvalue weighted by Crippen LogP contribution is 2.23. The fraction of sp³-hybridized carbons (Fsp3) is 0.148. The molecule has 1 atom stereocenters. The molecule has 7 heteroatoms. The first-order chi connectivity index (χ1) is 16.5. The topological polar surface area (TPSA) is 91.2 Å². The number of aromatic carboxylic acids is 1. The minimum absolute atomic E-state index is 0.0669. The van der Waals surface area contributed by atoms with Gasteiger partial charge in [-0.15, -0.1) is 0 Å². The van der Waals surface area contributed by atoms with Crippen molar-refractivity contribution in [2.45, 2.75) is 13.0 Å². The smallest absolute Gasteiger partial charge is 0.335 e. The van der Waals surface area contributed by atoms with Crippen LogP contribution in [0.2, 0.25) is 0 Å². The van der Waals surface area contributed by atoms with E-state index >= 15 is 0 Å². The van der Waals surface area contributed by atoms with E-state index in [1.807, 2.05) is 74.7 Å². The molecule has 3 rings (SSSR count). The first-order valence-corrected chi connectivity index (χ1v) is 10.7. The van der Waals surface area contributed by atoms with E-state index in [0.29, 0.717) is 17.8 Å². The number of anilines is 2. The molecule has 0 aromatic heterocycles. The zero-order valence-electron chi connectivity index (χ0n) is 19.3. The Hall–Kier alpha value is -4.23. The van der Waals surface area contributed by atoms with E-state index in [-0.39, 0.29) is 11.7 Å². The van der Waals surface area contributed by atoms with E-state index in [2.05, 4.69) is 10.4 Å². The number of carbonyl (C=O) groups is 2. The summed E-state index contributed by atoms with van der Waals surface area (Å²) < 4.78 is 5.37. The molecule has 0 saturated heterocycles. The number of para-hydroxylation sites is 1. The van der Waals surface area contributed by atoms with E-state index < -0.39 is 5.97 Å². The normalized spacial score (nSPS) is 16.0. The molecule has 0 saturated carbocycles. The van der Waals surface area contributed by atoms with Crippen LogP contribution >= 0.6 is 0 Å². The first kappa shape index (κ1) is 24.4. The van der Waals surface area contributed by atoms with E-state index in [0.717, 1.165) is 27.4 Å². The Morgan fingerprint density at radius 1 is 1.18 bits per heavy atom. The molecule has 0 heterocycles. The summed E-state index contributed by atoms with van der Waals surface area (Å²) in [4.78, 5) is 23.4. The van der Waals surface area contributed by atoms with Crippen molar-refractivity contribution < 1.29 is 19.4 Å². The van der Waals surface area contributed by atoms with Crippen molar-refractivity contribution in [2.24, 2.45) is 5.10 Å². The zero-order valence-corrected chi connectivity index (χ0v) is 19.3. The third kappa shape index (κ3) is 5.96. The Kier molecular flexibility index (Phi) is 8.32. The lowest BCUT2D eigenvalue weighted by Crippen LogP contribution is -2.19. The second-order valence-corrected chi connectivity index (χ2v) is 7.49. The van der Waals surface area contributed by atoms with Crippen LogP contribution < -0.4 is 10.3 Å². The molecule has 7 nitrogen and oxygen atoms in total. The number of carboxylic acids is 1. The number of ether oxygens (including phenoxy) is 1.